The second-order valence-electron chi connectivity index (χ2n) is 15.3. The van der Waals surface area contributed by atoms with Gasteiger partial charge in [-0.3, -0.25) is 4.79 Å². The molecule has 0 heterocycles. The van der Waals surface area contributed by atoms with Gasteiger partial charge in [-0.1, -0.05) is 60.7 Å². The van der Waals surface area contributed by atoms with Crippen LogP contribution in [0.4, 0.5) is 105 Å². The summed E-state index contributed by atoms with van der Waals surface area (Å²) in [6.07, 6.45) is -50.7. The van der Waals surface area contributed by atoms with E-state index in [-0.39, 0.29) is 16.7 Å². The highest BCUT2D eigenvalue weighted by molar-refractivity contribution is 7.96. The highest BCUT2D eigenvalue weighted by Gasteiger charge is 2.47. The van der Waals surface area contributed by atoms with Crippen LogP contribution in [0, 0.1) is 0 Å². The van der Waals surface area contributed by atoms with Crippen LogP contribution < -0.4 is 21.9 Å². The molecular formula is C42H25BF24OS2. The fourth-order valence-corrected chi connectivity index (χ4v) is 7.90. The zero-order valence-corrected chi connectivity index (χ0v) is 36.1. The highest BCUT2D eigenvalue weighted by Crippen LogP contribution is 2.41. The Labute approximate surface area is 386 Å². The molecule has 0 saturated heterocycles. The summed E-state index contributed by atoms with van der Waals surface area (Å²) in [5.74, 6) is 0.869. The van der Waals surface area contributed by atoms with E-state index in [9.17, 15) is 110 Å². The van der Waals surface area contributed by atoms with Gasteiger partial charge in [-0.25, -0.2) is 0 Å². The van der Waals surface area contributed by atoms with Crippen molar-refractivity contribution < 1.29 is 110 Å². The Morgan fingerprint density at radius 2 is 0.557 bits per heavy atom. The van der Waals surface area contributed by atoms with E-state index in [4.69, 9.17) is 0 Å². The van der Waals surface area contributed by atoms with Crippen LogP contribution in [0.1, 0.15) is 54.9 Å². The smallest absolute Gasteiger partial charge is 0.289 e. The largest absolute Gasteiger partial charge is 0.416 e. The first-order valence-electron chi connectivity index (χ1n) is 18.6. The van der Waals surface area contributed by atoms with Crippen molar-refractivity contribution in [2.45, 2.75) is 54.3 Å². The number of rotatable bonds is 7. The lowest BCUT2D eigenvalue weighted by Gasteiger charge is -2.46. The minimum atomic E-state index is -6.13. The zero-order chi connectivity index (χ0) is 53.8. The van der Waals surface area contributed by atoms with E-state index in [1.165, 1.54) is 0 Å². The minimum absolute atomic E-state index is 0.180. The normalized spacial score (nSPS) is 13.6. The van der Waals surface area contributed by atoms with E-state index in [2.05, 4.69) is 25.1 Å². The predicted octanol–water partition coefficient (Wildman–Crippen LogP) is 13.3. The number of alkyl halides is 24. The second kappa shape index (κ2) is 19.5. The summed E-state index contributed by atoms with van der Waals surface area (Å²) in [5, 5.41) is 0. The van der Waals surface area contributed by atoms with Crippen LogP contribution in [0.15, 0.2) is 102 Å². The Hall–Kier alpha value is -5.15. The predicted molar refractivity (Wildman–Crippen MR) is 212 cm³/mol. The van der Waals surface area contributed by atoms with Crippen LogP contribution in [-0.2, 0) is 60.3 Å². The molecule has 70 heavy (non-hydrogen) atoms. The van der Waals surface area contributed by atoms with Gasteiger partial charge in [0.05, 0.1) is 57.0 Å². The number of carbonyl (C=O) groups excluding carboxylic acids is 1. The third-order valence-corrected chi connectivity index (χ3v) is 11.2. The van der Waals surface area contributed by atoms with Gasteiger partial charge < -0.3 is 0 Å². The van der Waals surface area contributed by atoms with Crippen molar-refractivity contribution in [2.24, 2.45) is 0 Å². The standard InChI is InChI=1S/C32H12BF24.C10H12OS2/c34-25(35,36)13-1-14(26(37,38)39)6-21(5-13)33(22-7-15(27(40,41)42)2-16(8-22)28(43,44)45,23-9-17(29(46,47)48)3-18(10-23)30(49,50)51)24-11-19(31(52,53)54)4-20(12-24)32(55,56)57;1-13(2)7-10(11)8-3-5-9(12)6-4-8/h1-12H;3-6H,7H2,1-2H3/q-1;/p+1. The topological polar surface area (TPSA) is 17.1 Å². The van der Waals surface area contributed by atoms with Gasteiger partial charge in [0.15, 0.2) is 5.75 Å². The van der Waals surface area contributed by atoms with E-state index < -0.39 is 195 Å². The minimum Gasteiger partial charge on any atom is -0.289 e. The molecule has 0 spiro atoms. The monoisotopic (exact) mass is 1080 g/mol. The van der Waals surface area contributed by atoms with Crippen molar-refractivity contribution >= 4 is 57.3 Å². The first-order valence-corrected chi connectivity index (χ1v) is 21.2. The second-order valence-corrected chi connectivity index (χ2v) is 18.1. The number of hydrogen-bond donors (Lipinski definition) is 1. The SMILES string of the molecule is C[S+](C)CC(=O)c1ccc(S)cc1.FC(F)(F)c1cc([B-](c2cc(C(F)(F)F)cc(C(F)(F)F)c2)(c2cc(C(F)(F)F)cc(C(F)(F)F)c2)c2cc(C(F)(F)F)cc(C(F)(F)F)c2)cc(C(F)(F)F)c1. The van der Waals surface area contributed by atoms with E-state index >= 15 is 0 Å². The molecule has 0 radical (unpaired) electrons. The number of benzene rings is 5. The molecule has 0 N–H and O–H groups in total. The molecule has 28 heteroatoms. The summed E-state index contributed by atoms with van der Waals surface area (Å²) in [6.45, 7) is 0. The van der Waals surface area contributed by atoms with Gasteiger partial charge in [-0.05, 0) is 47.3 Å². The summed E-state index contributed by atoms with van der Waals surface area (Å²) >= 11 is 4.16. The Morgan fingerprint density at radius 1 is 0.371 bits per heavy atom. The van der Waals surface area contributed by atoms with Crippen molar-refractivity contribution in [1.29, 1.82) is 0 Å². The van der Waals surface area contributed by atoms with Crippen LogP contribution in [0.25, 0.3) is 0 Å². The molecule has 0 aromatic heterocycles. The summed E-state index contributed by atoms with van der Waals surface area (Å²) in [5.41, 5.74) is -29.4. The van der Waals surface area contributed by atoms with Gasteiger partial charge in [-0.2, -0.15) is 127 Å². The average molecular weight is 1080 g/mol. The van der Waals surface area contributed by atoms with Gasteiger partial charge >= 0.3 is 49.4 Å². The molecule has 382 valence electrons. The van der Waals surface area contributed by atoms with E-state index in [0.717, 1.165) is 10.5 Å². The van der Waals surface area contributed by atoms with Gasteiger partial charge in [-0.15, -0.1) is 12.6 Å². The summed E-state index contributed by atoms with van der Waals surface area (Å²) in [4.78, 5) is 12.4. The number of Topliss-reactive ketones (excluding diaryl/α,β-unsaturated/α-hetero) is 1. The van der Waals surface area contributed by atoms with Crippen LogP contribution in [0.5, 0.6) is 0 Å². The molecule has 0 saturated carbocycles. The van der Waals surface area contributed by atoms with Crippen LogP contribution in [-0.4, -0.2) is 30.2 Å². The quantitative estimate of drug-likeness (QED) is 0.0565. The Bertz CT molecular complexity index is 2250. The molecule has 5 rings (SSSR count). The molecule has 0 aliphatic carbocycles. The van der Waals surface area contributed by atoms with Crippen molar-refractivity contribution in [1.82, 2.24) is 0 Å². The molecule has 0 unspecified atom stereocenters. The average Bonchev–Trinajstić information content (AvgIpc) is 3.18. The van der Waals surface area contributed by atoms with E-state index in [1.807, 2.05) is 24.3 Å². The maximum atomic E-state index is 14.2. The van der Waals surface area contributed by atoms with Crippen LogP contribution in [0.3, 0.4) is 0 Å². The van der Waals surface area contributed by atoms with Gasteiger partial charge in [0, 0.05) is 10.5 Å². The number of hydrogen-bond acceptors (Lipinski definition) is 2. The molecule has 1 nitrogen and oxygen atoms in total. The number of halogens is 24. The molecule has 5 aromatic carbocycles. The third kappa shape index (κ3) is 13.6. The Kier molecular flexibility index (Phi) is 16.0. The Balaban J connectivity index is 0.000000707. The summed E-state index contributed by atoms with van der Waals surface area (Å²) in [7, 11) is 0.180. The fourth-order valence-electron chi connectivity index (χ4n) is 7.06. The van der Waals surface area contributed by atoms with Crippen molar-refractivity contribution in [3.63, 3.8) is 0 Å². The lowest BCUT2D eigenvalue weighted by molar-refractivity contribution is -0.144. The third-order valence-electron chi connectivity index (χ3n) is 10.0. The molecule has 0 amide bonds. The number of carbonyl (C=O) groups is 1. The van der Waals surface area contributed by atoms with Crippen molar-refractivity contribution in [3.8, 4) is 0 Å². The summed E-state index contributed by atoms with van der Waals surface area (Å²) < 4.78 is 341. The molecule has 0 fully saturated rings. The van der Waals surface area contributed by atoms with Crippen LogP contribution in [0.2, 0.25) is 0 Å². The molecule has 0 bridgehead atoms. The maximum absolute atomic E-state index is 14.2. The molecule has 0 aliphatic heterocycles. The summed E-state index contributed by atoms with van der Waals surface area (Å²) in [6, 6.07) is -1.45. The lowest BCUT2D eigenvalue weighted by Crippen LogP contribution is -2.75. The first kappa shape index (κ1) is 57.4. The molecular weight excluding hydrogens is 1050 g/mol. The molecule has 0 atom stereocenters. The van der Waals surface area contributed by atoms with Crippen molar-refractivity contribution in [2.75, 3.05) is 18.3 Å². The van der Waals surface area contributed by atoms with Gasteiger partial charge in [0.2, 0.25) is 5.78 Å². The zero-order valence-electron chi connectivity index (χ0n) is 34.4. The van der Waals surface area contributed by atoms with Gasteiger partial charge in [0.25, 0.3) is 0 Å². The molecule has 5 aromatic rings. The fraction of sp³-hybridized carbons (Fsp3) is 0.262. The maximum Gasteiger partial charge on any atom is 0.416 e. The lowest BCUT2D eigenvalue weighted by atomic mass is 9.12. The van der Waals surface area contributed by atoms with Gasteiger partial charge in [0.1, 0.15) is 6.15 Å². The molecule has 0 aliphatic rings. The van der Waals surface area contributed by atoms with Crippen LogP contribution >= 0.6 is 12.6 Å². The van der Waals surface area contributed by atoms with Crippen molar-refractivity contribution in [3.05, 3.63) is 147 Å². The van der Waals surface area contributed by atoms with E-state index in [1.54, 1.807) is 0 Å². The first-order chi connectivity index (χ1) is 31.4. The highest BCUT2D eigenvalue weighted by atomic mass is 32.2. The number of ketones is 1. The number of thiol groups is 1. The van der Waals surface area contributed by atoms with E-state index in [0.29, 0.717) is 5.75 Å². The Morgan fingerprint density at radius 3 is 0.714 bits per heavy atom.